The minimum absolute atomic E-state index is 0.205. The van der Waals surface area contributed by atoms with Crippen LogP contribution in [-0.2, 0) is 5.41 Å². The van der Waals surface area contributed by atoms with E-state index in [9.17, 15) is 0 Å². The van der Waals surface area contributed by atoms with Gasteiger partial charge in [-0.15, -0.1) is 6.58 Å². The fourth-order valence-corrected chi connectivity index (χ4v) is 2.90. The molecule has 0 radical (unpaired) electrons. The van der Waals surface area contributed by atoms with E-state index in [4.69, 9.17) is 0 Å². The molecule has 0 aromatic heterocycles. The first-order chi connectivity index (χ1) is 10.4. The van der Waals surface area contributed by atoms with E-state index in [1.807, 2.05) is 6.08 Å². The molecule has 0 saturated carbocycles. The first-order valence-corrected chi connectivity index (χ1v) is 8.29. The second-order valence-corrected chi connectivity index (χ2v) is 7.31. The summed E-state index contributed by atoms with van der Waals surface area (Å²) in [6.45, 7) is 15.9. The first-order valence-electron chi connectivity index (χ1n) is 8.29. The lowest BCUT2D eigenvalue weighted by atomic mass is 9.86. The van der Waals surface area contributed by atoms with Crippen molar-refractivity contribution in [1.82, 2.24) is 15.1 Å². The van der Waals surface area contributed by atoms with Crippen molar-refractivity contribution in [1.29, 1.82) is 0 Å². The van der Waals surface area contributed by atoms with E-state index in [0.29, 0.717) is 0 Å². The van der Waals surface area contributed by atoms with Gasteiger partial charge in [0.25, 0.3) is 0 Å². The van der Waals surface area contributed by atoms with Crippen molar-refractivity contribution < 1.29 is 0 Å². The summed E-state index contributed by atoms with van der Waals surface area (Å²) in [6, 6.07) is 9.10. The molecule has 122 valence electrons. The van der Waals surface area contributed by atoms with Gasteiger partial charge in [-0.3, -0.25) is 10.2 Å². The molecule has 3 nitrogen and oxygen atoms in total. The van der Waals surface area contributed by atoms with Crippen molar-refractivity contribution >= 4 is 0 Å². The van der Waals surface area contributed by atoms with Crippen LogP contribution in [0.1, 0.15) is 38.1 Å². The zero-order chi connectivity index (χ0) is 16.2. The number of likely N-dealkylation sites (N-methyl/N-ethyl adjacent to an activating group) is 1. The van der Waals surface area contributed by atoms with E-state index < -0.39 is 0 Å². The van der Waals surface area contributed by atoms with Crippen LogP contribution in [0, 0.1) is 0 Å². The molecule has 0 spiro atoms. The lowest BCUT2D eigenvalue weighted by molar-refractivity contribution is 0.0959. The van der Waals surface area contributed by atoms with Crippen LogP contribution < -0.4 is 5.32 Å². The molecule has 1 aromatic rings. The topological polar surface area (TPSA) is 18.5 Å². The first kappa shape index (κ1) is 17.2. The van der Waals surface area contributed by atoms with Crippen molar-refractivity contribution in [3.05, 3.63) is 48.0 Å². The molecule has 1 fully saturated rings. The molecule has 1 aliphatic rings. The molecule has 1 aromatic carbocycles. The highest BCUT2D eigenvalue weighted by Gasteiger charge is 2.23. The molecule has 1 N–H and O–H groups in total. The summed E-state index contributed by atoms with van der Waals surface area (Å²) >= 11 is 0. The zero-order valence-corrected chi connectivity index (χ0v) is 14.6. The molecule has 0 unspecified atom stereocenters. The van der Waals surface area contributed by atoms with Gasteiger partial charge in [-0.1, -0.05) is 51.1 Å². The van der Waals surface area contributed by atoms with Crippen LogP contribution in [0.5, 0.6) is 0 Å². The second kappa shape index (κ2) is 7.40. The highest BCUT2D eigenvalue weighted by Crippen LogP contribution is 2.25. The maximum absolute atomic E-state index is 3.84. The van der Waals surface area contributed by atoms with Crippen LogP contribution in [0.3, 0.4) is 0 Å². The summed E-state index contributed by atoms with van der Waals surface area (Å²) in [4.78, 5) is 4.93. The molecule has 0 bridgehead atoms. The molecular weight excluding hydrogens is 270 g/mol. The number of rotatable bonds is 5. The lowest BCUT2D eigenvalue weighted by Gasteiger charge is -2.38. The molecular formula is C19H31N3. The van der Waals surface area contributed by atoms with E-state index in [0.717, 1.165) is 32.7 Å². The van der Waals surface area contributed by atoms with E-state index in [1.165, 1.54) is 11.1 Å². The monoisotopic (exact) mass is 301 g/mol. The Bertz CT molecular complexity index is 464. The number of hydrogen-bond donors (Lipinski definition) is 1. The van der Waals surface area contributed by atoms with Gasteiger partial charge in [0.2, 0.25) is 0 Å². The molecule has 1 heterocycles. The zero-order valence-electron chi connectivity index (χ0n) is 14.6. The smallest absolute Gasteiger partial charge is 0.0864 e. The fourth-order valence-electron chi connectivity index (χ4n) is 2.90. The molecule has 1 atom stereocenters. The summed E-state index contributed by atoms with van der Waals surface area (Å²) in [6.07, 6.45) is 2.22. The maximum atomic E-state index is 3.84. The van der Waals surface area contributed by atoms with Gasteiger partial charge < -0.3 is 4.90 Å². The Morgan fingerprint density at radius 3 is 2.23 bits per heavy atom. The molecule has 1 saturated heterocycles. The fraction of sp³-hybridized carbons (Fsp3) is 0.579. The third kappa shape index (κ3) is 4.42. The molecule has 22 heavy (non-hydrogen) atoms. The highest BCUT2D eigenvalue weighted by molar-refractivity contribution is 5.29. The van der Waals surface area contributed by atoms with Crippen LogP contribution in [0.2, 0.25) is 0 Å². The SMILES string of the molecule is C=CCN[C@@H](c1ccc(C(C)(C)C)cc1)N1CCN(C)CC1. The Labute approximate surface area is 136 Å². The molecule has 3 heteroatoms. The summed E-state index contributed by atoms with van der Waals surface area (Å²) in [7, 11) is 2.20. The van der Waals surface area contributed by atoms with Crippen molar-refractivity contribution in [3.8, 4) is 0 Å². The van der Waals surface area contributed by atoms with E-state index in [-0.39, 0.29) is 11.6 Å². The average Bonchev–Trinajstić information content (AvgIpc) is 2.49. The Balaban J connectivity index is 2.16. The predicted octanol–water partition coefficient (Wildman–Crippen LogP) is 3.01. The molecule has 0 aliphatic carbocycles. The quantitative estimate of drug-likeness (QED) is 0.844. The van der Waals surface area contributed by atoms with Crippen molar-refractivity contribution in [2.45, 2.75) is 32.4 Å². The largest absolute Gasteiger partial charge is 0.304 e. The van der Waals surface area contributed by atoms with Gasteiger partial charge in [-0.25, -0.2) is 0 Å². The van der Waals surface area contributed by atoms with Crippen LogP contribution in [-0.4, -0.2) is 49.6 Å². The van der Waals surface area contributed by atoms with Crippen LogP contribution >= 0.6 is 0 Å². The number of nitrogens with one attached hydrogen (secondary N) is 1. The van der Waals surface area contributed by atoms with Gasteiger partial charge in [-0.05, 0) is 23.6 Å². The normalized spacial score (nSPS) is 19.1. The average molecular weight is 301 g/mol. The minimum atomic E-state index is 0.205. The van der Waals surface area contributed by atoms with Crippen LogP contribution in [0.15, 0.2) is 36.9 Å². The second-order valence-electron chi connectivity index (χ2n) is 7.31. The summed E-state index contributed by atoms with van der Waals surface area (Å²) < 4.78 is 0. The minimum Gasteiger partial charge on any atom is -0.304 e. The molecule has 2 rings (SSSR count). The number of benzene rings is 1. The number of hydrogen-bond acceptors (Lipinski definition) is 3. The highest BCUT2D eigenvalue weighted by atomic mass is 15.3. The van der Waals surface area contributed by atoms with Crippen LogP contribution in [0.25, 0.3) is 0 Å². The number of nitrogens with zero attached hydrogens (tertiary/aromatic N) is 2. The standard InChI is InChI=1S/C19H31N3/c1-6-11-20-18(22-14-12-21(5)13-15-22)16-7-9-17(10-8-16)19(2,3)4/h6-10,18,20H,1,11-15H2,2-5H3/t18-/m1/s1. The predicted molar refractivity (Wildman–Crippen MR) is 95.2 cm³/mol. The lowest BCUT2D eigenvalue weighted by Crippen LogP contribution is -2.49. The van der Waals surface area contributed by atoms with Gasteiger partial charge in [0.1, 0.15) is 0 Å². The van der Waals surface area contributed by atoms with Crippen molar-refractivity contribution in [2.75, 3.05) is 39.8 Å². The van der Waals surface area contributed by atoms with Gasteiger partial charge >= 0.3 is 0 Å². The van der Waals surface area contributed by atoms with Gasteiger partial charge in [0.05, 0.1) is 6.17 Å². The summed E-state index contributed by atoms with van der Waals surface area (Å²) in [5.41, 5.74) is 2.94. The molecule has 1 aliphatic heterocycles. The van der Waals surface area contributed by atoms with Gasteiger partial charge in [0, 0.05) is 32.7 Å². The summed E-state index contributed by atoms with van der Waals surface area (Å²) in [5.74, 6) is 0. The third-order valence-corrected chi connectivity index (χ3v) is 4.45. The van der Waals surface area contributed by atoms with Crippen molar-refractivity contribution in [3.63, 3.8) is 0 Å². The van der Waals surface area contributed by atoms with E-state index in [1.54, 1.807) is 0 Å². The summed E-state index contributed by atoms with van der Waals surface area (Å²) in [5, 5.41) is 3.62. The Kier molecular flexibility index (Phi) is 5.79. The van der Waals surface area contributed by atoms with Gasteiger partial charge in [-0.2, -0.15) is 0 Å². The maximum Gasteiger partial charge on any atom is 0.0864 e. The third-order valence-electron chi connectivity index (χ3n) is 4.45. The van der Waals surface area contributed by atoms with Crippen LogP contribution in [0.4, 0.5) is 0 Å². The number of piperazine rings is 1. The Morgan fingerprint density at radius 2 is 1.73 bits per heavy atom. The molecule has 0 amide bonds. The van der Waals surface area contributed by atoms with Gasteiger partial charge in [0.15, 0.2) is 0 Å². The Hall–Kier alpha value is -1.16. The van der Waals surface area contributed by atoms with E-state index >= 15 is 0 Å². The van der Waals surface area contributed by atoms with E-state index in [2.05, 4.69) is 73.8 Å². The van der Waals surface area contributed by atoms with Crippen molar-refractivity contribution in [2.24, 2.45) is 0 Å². The Morgan fingerprint density at radius 1 is 1.14 bits per heavy atom.